The molecule has 1 amide bonds. The molecule has 2 unspecified atom stereocenters. The Morgan fingerprint density at radius 2 is 2.31 bits per heavy atom. The summed E-state index contributed by atoms with van der Waals surface area (Å²) < 4.78 is 4.63. The number of ether oxygens (including phenoxy) is 1. The van der Waals surface area contributed by atoms with Gasteiger partial charge in [-0.05, 0) is 12.2 Å². The summed E-state index contributed by atoms with van der Waals surface area (Å²) in [6, 6.07) is -0.154. The van der Waals surface area contributed by atoms with Gasteiger partial charge in [-0.2, -0.15) is 11.8 Å². The van der Waals surface area contributed by atoms with Crippen molar-refractivity contribution in [1.82, 2.24) is 10.6 Å². The highest BCUT2D eigenvalue weighted by Crippen LogP contribution is 2.16. The van der Waals surface area contributed by atoms with Crippen molar-refractivity contribution in [3.63, 3.8) is 0 Å². The third-order valence-electron chi connectivity index (χ3n) is 2.40. The van der Waals surface area contributed by atoms with Crippen molar-refractivity contribution in [1.29, 1.82) is 0 Å². The minimum atomic E-state index is -0.590. The number of hydrogen-bond donors (Lipinski definition) is 2. The fourth-order valence-electron chi connectivity index (χ4n) is 1.56. The second-order valence-electron chi connectivity index (χ2n) is 3.75. The predicted octanol–water partition coefficient (Wildman–Crippen LogP) is -0.241. The average Bonchev–Trinajstić information content (AvgIpc) is 2.75. The molecule has 0 aromatic rings. The van der Waals surface area contributed by atoms with Crippen LogP contribution in [0.5, 0.6) is 0 Å². The van der Waals surface area contributed by atoms with Crippen LogP contribution in [0.15, 0.2) is 0 Å². The first-order chi connectivity index (χ1) is 7.63. The zero-order chi connectivity index (χ0) is 12.0. The van der Waals surface area contributed by atoms with Gasteiger partial charge in [-0.3, -0.25) is 4.79 Å². The molecule has 0 spiro atoms. The fourth-order valence-corrected chi connectivity index (χ4v) is 2.75. The summed E-state index contributed by atoms with van der Waals surface area (Å²) in [4.78, 5) is 22.3. The van der Waals surface area contributed by atoms with Crippen LogP contribution < -0.4 is 10.6 Å². The third-order valence-corrected chi connectivity index (χ3v) is 3.57. The summed E-state index contributed by atoms with van der Waals surface area (Å²) in [6.45, 7) is 1.82. The Morgan fingerprint density at radius 3 is 2.81 bits per heavy atom. The molecule has 6 heteroatoms. The number of carbonyl (C=O) groups is 2. The van der Waals surface area contributed by atoms with Crippen molar-refractivity contribution in [3.8, 4) is 0 Å². The maximum Gasteiger partial charge on any atom is 0.329 e. The standard InChI is InChI=1S/C10H18N2O3S/c1-7(13)12-9(10(14)15-2)5-11-8-3-4-16-6-8/h8-9,11H,3-6H2,1-2H3,(H,12,13). The second-order valence-corrected chi connectivity index (χ2v) is 4.89. The molecule has 1 aliphatic heterocycles. The number of hydrogen-bond acceptors (Lipinski definition) is 5. The molecular weight excluding hydrogens is 228 g/mol. The molecule has 1 fully saturated rings. The van der Waals surface area contributed by atoms with Gasteiger partial charge in [0, 0.05) is 25.3 Å². The summed E-state index contributed by atoms with van der Waals surface area (Å²) in [5, 5.41) is 5.84. The molecule has 16 heavy (non-hydrogen) atoms. The highest BCUT2D eigenvalue weighted by atomic mass is 32.2. The molecule has 1 aliphatic rings. The maximum absolute atomic E-state index is 11.4. The number of esters is 1. The Labute approximate surface area is 99.7 Å². The number of amides is 1. The van der Waals surface area contributed by atoms with Crippen LogP contribution in [-0.4, -0.2) is 49.1 Å². The Hall–Kier alpha value is -0.750. The topological polar surface area (TPSA) is 67.4 Å². The first-order valence-corrected chi connectivity index (χ1v) is 6.45. The number of rotatable bonds is 5. The zero-order valence-electron chi connectivity index (χ0n) is 9.62. The first kappa shape index (κ1) is 13.3. The van der Waals surface area contributed by atoms with Gasteiger partial charge < -0.3 is 15.4 Å². The molecule has 1 heterocycles. The number of nitrogens with one attached hydrogen (secondary N) is 2. The van der Waals surface area contributed by atoms with Gasteiger partial charge in [-0.25, -0.2) is 4.79 Å². The summed E-state index contributed by atoms with van der Waals surface area (Å²) in [5.74, 6) is 1.58. The van der Waals surface area contributed by atoms with E-state index in [1.54, 1.807) is 0 Å². The molecule has 0 aliphatic carbocycles. The van der Waals surface area contributed by atoms with E-state index >= 15 is 0 Å². The van der Waals surface area contributed by atoms with Crippen LogP contribution in [0, 0.1) is 0 Å². The highest BCUT2D eigenvalue weighted by Gasteiger charge is 2.22. The van der Waals surface area contributed by atoms with Gasteiger partial charge in [0.2, 0.25) is 5.91 Å². The van der Waals surface area contributed by atoms with Crippen LogP contribution in [0.4, 0.5) is 0 Å². The van der Waals surface area contributed by atoms with Crippen LogP contribution in [-0.2, 0) is 14.3 Å². The van der Waals surface area contributed by atoms with Crippen LogP contribution >= 0.6 is 11.8 Å². The normalized spacial score (nSPS) is 21.5. The van der Waals surface area contributed by atoms with Gasteiger partial charge in [0.1, 0.15) is 6.04 Å². The SMILES string of the molecule is COC(=O)C(CNC1CCSC1)NC(C)=O. The Balaban J connectivity index is 2.36. The van der Waals surface area contributed by atoms with E-state index < -0.39 is 12.0 Å². The summed E-state index contributed by atoms with van der Waals surface area (Å²) >= 11 is 1.90. The number of methoxy groups -OCH3 is 1. The molecule has 5 nitrogen and oxygen atoms in total. The van der Waals surface area contributed by atoms with Crippen molar-refractivity contribution >= 4 is 23.6 Å². The van der Waals surface area contributed by atoms with E-state index in [0.29, 0.717) is 12.6 Å². The monoisotopic (exact) mass is 246 g/mol. The molecule has 0 radical (unpaired) electrons. The lowest BCUT2D eigenvalue weighted by Crippen LogP contribution is -2.49. The highest BCUT2D eigenvalue weighted by molar-refractivity contribution is 7.99. The van der Waals surface area contributed by atoms with Gasteiger partial charge in [0.15, 0.2) is 0 Å². The van der Waals surface area contributed by atoms with E-state index in [1.807, 2.05) is 11.8 Å². The van der Waals surface area contributed by atoms with Gasteiger partial charge >= 0.3 is 5.97 Å². The molecule has 2 atom stereocenters. The Kier molecular flexibility index (Phi) is 5.62. The fraction of sp³-hybridized carbons (Fsp3) is 0.800. The lowest BCUT2D eigenvalue weighted by molar-refractivity contribution is -0.144. The molecular formula is C10H18N2O3S. The summed E-state index contributed by atoms with van der Waals surface area (Å²) in [5.41, 5.74) is 0. The largest absolute Gasteiger partial charge is 0.467 e. The second kappa shape index (κ2) is 6.75. The van der Waals surface area contributed by atoms with Crippen LogP contribution in [0.3, 0.4) is 0 Å². The molecule has 0 aromatic carbocycles. The van der Waals surface area contributed by atoms with Gasteiger partial charge in [-0.1, -0.05) is 0 Å². The van der Waals surface area contributed by atoms with E-state index in [0.717, 1.165) is 17.9 Å². The molecule has 0 bridgehead atoms. The maximum atomic E-state index is 11.4. The average molecular weight is 246 g/mol. The minimum absolute atomic E-state index is 0.224. The van der Waals surface area contributed by atoms with E-state index in [4.69, 9.17) is 0 Å². The van der Waals surface area contributed by atoms with Gasteiger partial charge in [0.05, 0.1) is 7.11 Å². The van der Waals surface area contributed by atoms with Crippen molar-refractivity contribution < 1.29 is 14.3 Å². The van der Waals surface area contributed by atoms with Crippen molar-refractivity contribution in [2.45, 2.75) is 25.4 Å². The van der Waals surface area contributed by atoms with Crippen LogP contribution in [0.2, 0.25) is 0 Å². The molecule has 1 saturated heterocycles. The lowest BCUT2D eigenvalue weighted by atomic mass is 10.2. The number of carbonyl (C=O) groups excluding carboxylic acids is 2. The Morgan fingerprint density at radius 1 is 1.56 bits per heavy atom. The summed E-state index contributed by atoms with van der Waals surface area (Å²) in [7, 11) is 1.32. The third kappa shape index (κ3) is 4.40. The van der Waals surface area contributed by atoms with Crippen molar-refractivity contribution in [3.05, 3.63) is 0 Å². The quantitative estimate of drug-likeness (QED) is 0.655. The van der Waals surface area contributed by atoms with E-state index in [9.17, 15) is 9.59 Å². The van der Waals surface area contributed by atoms with E-state index in [-0.39, 0.29) is 5.91 Å². The van der Waals surface area contributed by atoms with Crippen molar-refractivity contribution in [2.75, 3.05) is 25.2 Å². The molecule has 0 aromatic heterocycles. The van der Waals surface area contributed by atoms with Crippen LogP contribution in [0.25, 0.3) is 0 Å². The van der Waals surface area contributed by atoms with Gasteiger partial charge in [-0.15, -0.1) is 0 Å². The van der Waals surface area contributed by atoms with Crippen LogP contribution in [0.1, 0.15) is 13.3 Å². The smallest absolute Gasteiger partial charge is 0.329 e. The summed E-state index contributed by atoms with van der Waals surface area (Å²) in [6.07, 6.45) is 1.11. The molecule has 0 saturated carbocycles. The first-order valence-electron chi connectivity index (χ1n) is 5.29. The van der Waals surface area contributed by atoms with Crippen molar-refractivity contribution in [2.24, 2.45) is 0 Å². The Bertz CT molecular complexity index is 254. The minimum Gasteiger partial charge on any atom is -0.467 e. The number of thioether (sulfide) groups is 1. The molecule has 1 rings (SSSR count). The molecule has 2 N–H and O–H groups in total. The van der Waals surface area contributed by atoms with E-state index in [2.05, 4.69) is 15.4 Å². The predicted molar refractivity (Wildman–Crippen MR) is 63.4 cm³/mol. The van der Waals surface area contributed by atoms with Gasteiger partial charge in [0.25, 0.3) is 0 Å². The molecule has 92 valence electrons. The zero-order valence-corrected chi connectivity index (χ0v) is 10.4. The lowest BCUT2D eigenvalue weighted by Gasteiger charge is -2.18. The van der Waals surface area contributed by atoms with E-state index in [1.165, 1.54) is 14.0 Å².